The zero-order valence-electron chi connectivity index (χ0n) is 28.9. The van der Waals surface area contributed by atoms with Gasteiger partial charge in [-0.25, -0.2) is 4.79 Å². The molecule has 3 aliphatic rings. The van der Waals surface area contributed by atoms with Crippen LogP contribution in [-0.4, -0.2) is 25.0 Å². The molecule has 4 atom stereocenters. The first-order chi connectivity index (χ1) is 25.0. The molecule has 8 rings (SSSR count). The van der Waals surface area contributed by atoms with Crippen LogP contribution < -0.4 is 14.4 Å². The standard InChI is InChI=1S/C45H42O6/c1-3-30-17-19-33(20-18-30)43(46)48-35-23-25-36(26-24-35)51-47-29-45(2,34-13-5-4-6-14-34)44-49-39-27-21-31-11-7-9-15-37(31)41(39)42-38-16-10-8-12-32(38)22-28-40(42)50-44/h3-7,9,11,13-15,17-20,22-26,28,39,41,44H,1,8,10,12,16,21,27,29H2,2H3/t39-,41+,44?,45+/m1/s1. The predicted octanol–water partition coefficient (Wildman–Crippen LogP) is 9.58. The SMILES string of the molecule is C=Cc1ccc(C(=O)Oc2ccc(OOC[C@@](C)(c3ccccc3)C3Oc4ccc5c(c4[C@H]4c6ccccc6CC[C@H]4O3)CCCC5)cc2)cc1. The fourth-order valence-electron chi connectivity index (χ4n) is 7.89. The van der Waals surface area contributed by atoms with Crippen molar-refractivity contribution in [1.29, 1.82) is 0 Å². The largest absolute Gasteiger partial charge is 0.464 e. The summed E-state index contributed by atoms with van der Waals surface area (Å²) in [5.74, 6) is 1.43. The second-order valence-electron chi connectivity index (χ2n) is 14.0. The molecule has 0 saturated carbocycles. The van der Waals surface area contributed by atoms with Crippen LogP contribution in [0.5, 0.6) is 17.2 Å². The molecule has 6 nitrogen and oxygen atoms in total. The zero-order chi connectivity index (χ0) is 34.8. The average Bonchev–Trinajstić information content (AvgIpc) is 3.37. The molecular weight excluding hydrogens is 636 g/mol. The number of ether oxygens (including phenoxy) is 3. The third-order valence-electron chi connectivity index (χ3n) is 10.7. The van der Waals surface area contributed by atoms with Crippen LogP contribution in [0.25, 0.3) is 6.08 Å². The van der Waals surface area contributed by atoms with Crippen molar-refractivity contribution in [2.45, 2.75) is 69.2 Å². The van der Waals surface area contributed by atoms with Gasteiger partial charge in [0.25, 0.3) is 0 Å². The van der Waals surface area contributed by atoms with E-state index in [4.69, 9.17) is 24.0 Å². The van der Waals surface area contributed by atoms with E-state index in [-0.39, 0.29) is 18.6 Å². The molecular formula is C45H42O6. The second kappa shape index (κ2) is 14.2. The summed E-state index contributed by atoms with van der Waals surface area (Å²) in [6.07, 6.45) is 7.46. The van der Waals surface area contributed by atoms with Gasteiger partial charge in [0.05, 0.1) is 17.1 Å². The van der Waals surface area contributed by atoms with Gasteiger partial charge < -0.3 is 19.1 Å². The molecule has 0 spiro atoms. The van der Waals surface area contributed by atoms with E-state index >= 15 is 0 Å². The third-order valence-corrected chi connectivity index (χ3v) is 10.7. The summed E-state index contributed by atoms with van der Waals surface area (Å²) in [5, 5.41) is 0. The molecule has 0 N–H and O–H groups in total. The summed E-state index contributed by atoms with van der Waals surface area (Å²) < 4.78 is 19.8. The highest BCUT2D eigenvalue weighted by atomic mass is 17.2. The van der Waals surface area contributed by atoms with Gasteiger partial charge in [-0.3, -0.25) is 0 Å². The lowest BCUT2D eigenvalue weighted by atomic mass is 9.73. The molecule has 5 aromatic rings. The van der Waals surface area contributed by atoms with Crippen molar-refractivity contribution in [3.8, 4) is 17.2 Å². The lowest BCUT2D eigenvalue weighted by Crippen LogP contribution is -2.48. The minimum absolute atomic E-state index is 0.0567. The van der Waals surface area contributed by atoms with E-state index in [1.54, 1.807) is 42.5 Å². The van der Waals surface area contributed by atoms with Crippen molar-refractivity contribution < 1.29 is 28.8 Å². The molecule has 0 bridgehead atoms. The maximum absolute atomic E-state index is 12.7. The van der Waals surface area contributed by atoms with Crippen molar-refractivity contribution in [2.75, 3.05) is 6.61 Å². The number of fused-ring (bicyclic) bond motifs is 7. The van der Waals surface area contributed by atoms with Gasteiger partial charge in [0.15, 0.2) is 5.75 Å². The molecule has 258 valence electrons. The van der Waals surface area contributed by atoms with Gasteiger partial charge in [0, 0.05) is 11.5 Å². The number of hydrogen-bond acceptors (Lipinski definition) is 6. The van der Waals surface area contributed by atoms with E-state index in [2.05, 4.69) is 62.0 Å². The molecule has 1 unspecified atom stereocenters. The molecule has 1 aliphatic heterocycles. The molecule has 6 heteroatoms. The van der Waals surface area contributed by atoms with E-state index < -0.39 is 17.7 Å². The van der Waals surface area contributed by atoms with Gasteiger partial charge in [-0.1, -0.05) is 85.5 Å². The Morgan fingerprint density at radius 1 is 0.824 bits per heavy atom. The van der Waals surface area contributed by atoms with Gasteiger partial charge in [-0.2, -0.15) is 4.89 Å². The van der Waals surface area contributed by atoms with Crippen LogP contribution in [0.3, 0.4) is 0 Å². The van der Waals surface area contributed by atoms with Crippen molar-refractivity contribution in [1.82, 2.24) is 0 Å². The smallest absolute Gasteiger partial charge is 0.343 e. The fourth-order valence-corrected chi connectivity index (χ4v) is 7.89. The number of benzene rings is 5. The normalized spacial score (nSPS) is 20.1. The molecule has 51 heavy (non-hydrogen) atoms. The van der Waals surface area contributed by atoms with Gasteiger partial charge >= 0.3 is 5.97 Å². The Kier molecular flexibility index (Phi) is 9.20. The minimum Gasteiger partial charge on any atom is -0.464 e. The first-order valence-corrected chi connectivity index (χ1v) is 17.9. The van der Waals surface area contributed by atoms with Crippen LogP contribution in [0.4, 0.5) is 0 Å². The Morgan fingerprint density at radius 3 is 2.37 bits per heavy atom. The molecule has 1 heterocycles. The van der Waals surface area contributed by atoms with Crippen LogP contribution in [0.1, 0.15) is 81.4 Å². The van der Waals surface area contributed by atoms with Gasteiger partial charge in [-0.05, 0) is 121 Å². The van der Waals surface area contributed by atoms with Gasteiger partial charge in [-0.15, -0.1) is 0 Å². The quantitative estimate of drug-likeness (QED) is 0.0670. The Morgan fingerprint density at radius 2 is 1.57 bits per heavy atom. The number of hydrogen-bond donors (Lipinski definition) is 0. The van der Waals surface area contributed by atoms with Crippen molar-refractivity contribution >= 4 is 12.0 Å². The van der Waals surface area contributed by atoms with Crippen LogP contribution in [0.15, 0.2) is 122 Å². The zero-order valence-corrected chi connectivity index (χ0v) is 28.9. The highest BCUT2D eigenvalue weighted by Gasteiger charge is 2.47. The molecule has 2 aliphatic carbocycles. The van der Waals surface area contributed by atoms with Crippen LogP contribution in [0.2, 0.25) is 0 Å². The fraction of sp³-hybridized carbons (Fsp3) is 0.267. The summed E-state index contributed by atoms with van der Waals surface area (Å²) in [5.41, 5.74) is 8.59. The Labute approximate surface area is 299 Å². The maximum atomic E-state index is 12.7. The number of aryl methyl sites for hydroxylation is 2. The van der Waals surface area contributed by atoms with E-state index in [0.717, 1.165) is 42.6 Å². The predicted molar refractivity (Wildman–Crippen MR) is 197 cm³/mol. The molecule has 5 aromatic carbocycles. The highest BCUT2D eigenvalue weighted by Crippen LogP contribution is 2.50. The number of rotatable bonds is 9. The van der Waals surface area contributed by atoms with Crippen LogP contribution >= 0.6 is 0 Å². The van der Waals surface area contributed by atoms with Crippen molar-refractivity contribution in [3.63, 3.8) is 0 Å². The summed E-state index contributed by atoms with van der Waals surface area (Å²) in [7, 11) is 0. The van der Waals surface area contributed by atoms with E-state index in [0.29, 0.717) is 17.1 Å². The Balaban J connectivity index is 1.05. The summed E-state index contributed by atoms with van der Waals surface area (Å²) in [6, 6.07) is 37.4. The molecule has 0 aromatic heterocycles. The summed E-state index contributed by atoms with van der Waals surface area (Å²) in [6.45, 7) is 6.03. The first kappa shape index (κ1) is 33.0. The van der Waals surface area contributed by atoms with E-state index in [1.165, 1.54) is 40.7 Å². The minimum atomic E-state index is -0.739. The molecule has 0 radical (unpaired) electrons. The molecule has 0 saturated heterocycles. The van der Waals surface area contributed by atoms with Crippen molar-refractivity contribution in [3.05, 3.63) is 166 Å². The van der Waals surface area contributed by atoms with Crippen molar-refractivity contribution in [2.24, 2.45) is 0 Å². The van der Waals surface area contributed by atoms with E-state index in [9.17, 15) is 4.79 Å². The first-order valence-electron chi connectivity index (χ1n) is 17.9. The number of carbonyl (C=O) groups is 1. The van der Waals surface area contributed by atoms with Gasteiger partial charge in [0.2, 0.25) is 6.29 Å². The Hall–Kier alpha value is -5.17. The Bertz CT molecular complexity index is 2020. The highest BCUT2D eigenvalue weighted by molar-refractivity contribution is 5.91. The third kappa shape index (κ3) is 6.58. The topological polar surface area (TPSA) is 63.2 Å². The second-order valence-corrected chi connectivity index (χ2v) is 14.0. The lowest BCUT2D eigenvalue weighted by molar-refractivity contribution is -0.247. The van der Waals surface area contributed by atoms with E-state index in [1.807, 2.05) is 30.3 Å². The number of esters is 1. The number of carbonyl (C=O) groups excluding carboxylic acids is 1. The van der Waals surface area contributed by atoms with Crippen LogP contribution in [-0.2, 0) is 34.3 Å². The lowest BCUT2D eigenvalue weighted by Gasteiger charge is -2.39. The summed E-state index contributed by atoms with van der Waals surface area (Å²) in [4.78, 5) is 24.6. The summed E-state index contributed by atoms with van der Waals surface area (Å²) >= 11 is 0. The molecule has 0 amide bonds. The van der Waals surface area contributed by atoms with Crippen LogP contribution in [0, 0.1) is 0 Å². The maximum Gasteiger partial charge on any atom is 0.343 e. The van der Waals surface area contributed by atoms with Gasteiger partial charge in [0.1, 0.15) is 18.1 Å². The average molecular weight is 679 g/mol. The monoisotopic (exact) mass is 678 g/mol. The molecule has 0 fully saturated rings.